The van der Waals surface area contributed by atoms with Crippen LogP contribution in [0.5, 0.6) is 0 Å². The molecule has 4 rings (SSSR count). The van der Waals surface area contributed by atoms with Crippen LogP contribution in [0.4, 0.5) is 5.00 Å². The first-order valence-electron chi connectivity index (χ1n) is 9.27. The number of hydrogen-bond donors (Lipinski definition) is 2. The number of carbonyl (C=O) groups is 2. The molecule has 0 radical (unpaired) electrons. The van der Waals surface area contributed by atoms with E-state index in [-0.39, 0.29) is 18.2 Å². The molecular formula is C20H20N6O2S. The number of amides is 2. The fourth-order valence-corrected chi connectivity index (χ4v) is 4.04. The van der Waals surface area contributed by atoms with Crippen LogP contribution in [0.15, 0.2) is 29.6 Å². The first kappa shape index (κ1) is 19.1. The highest BCUT2D eigenvalue weighted by atomic mass is 32.1. The van der Waals surface area contributed by atoms with Gasteiger partial charge in [0.1, 0.15) is 16.9 Å². The summed E-state index contributed by atoms with van der Waals surface area (Å²) in [6.45, 7) is 3.17. The summed E-state index contributed by atoms with van der Waals surface area (Å²) in [5, 5.41) is 14.1. The molecule has 1 aliphatic rings. The smallest absolute Gasteiger partial charge is 0.254 e. The normalized spacial score (nSPS) is 14.7. The van der Waals surface area contributed by atoms with Crippen LogP contribution in [-0.2, 0) is 11.2 Å². The lowest BCUT2D eigenvalue weighted by Crippen LogP contribution is -2.47. The van der Waals surface area contributed by atoms with E-state index in [2.05, 4.69) is 27.2 Å². The van der Waals surface area contributed by atoms with Gasteiger partial charge < -0.3 is 20.1 Å². The van der Waals surface area contributed by atoms with Crippen LogP contribution in [0.3, 0.4) is 0 Å². The van der Waals surface area contributed by atoms with E-state index in [9.17, 15) is 9.59 Å². The maximum Gasteiger partial charge on any atom is 0.254 e. The number of hydrogen-bond acceptors (Lipinski definition) is 6. The Balaban J connectivity index is 1.46. The van der Waals surface area contributed by atoms with Crippen molar-refractivity contribution >= 4 is 39.2 Å². The molecule has 1 aliphatic heterocycles. The summed E-state index contributed by atoms with van der Waals surface area (Å²) in [5.74, 6) is 0.262. The Morgan fingerprint density at radius 2 is 2.07 bits per heavy atom. The first-order valence-corrected chi connectivity index (χ1v) is 10.2. The molecule has 148 valence electrons. The van der Waals surface area contributed by atoms with Crippen molar-refractivity contribution in [2.24, 2.45) is 0 Å². The fraction of sp³-hybridized carbons (Fsp3) is 0.300. The molecule has 0 spiro atoms. The van der Waals surface area contributed by atoms with Gasteiger partial charge in [0.15, 0.2) is 0 Å². The summed E-state index contributed by atoms with van der Waals surface area (Å²) in [6.07, 6.45) is 0.0548. The van der Waals surface area contributed by atoms with Crippen molar-refractivity contribution in [3.63, 3.8) is 0 Å². The standard InChI is InChI=1S/C20H20N6O2S/c1-25-5-7-26(8-6-25)20(28)13-2-3-15-16(10-13)23-17(22-15)11-18(27)24-19-14(12-21)4-9-29-19/h2-4,9-10H,5-8,11H2,1H3,(H,22,23)(H,24,27). The summed E-state index contributed by atoms with van der Waals surface area (Å²) >= 11 is 1.31. The van der Waals surface area contributed by atoms with Gasteiger partial charge in [-0.25, -0.2) is 4.98 Å². The average Bonchev–Trinajstić information content (AvgIpc) is 3.32. The van der Waals surface area contributed by atoms with Crippen LogP contribution in [-0.4, -0.2) is 64.8 Å². The van der Waals surface area contributed by atoms with Crippen molar-refractivity contribution in [3.8, 4) is 6.07 Å². The molecule has 1 fully saturated rings. The van der Waals surface area contributed by atoms with Crippen molar-refractivity contribution < 1.29 is 9.59 Å². The molecule has 0 atom stereocenters. The van der Waals surface area contributed by atoms with Crippen LogP contribution in [0, 0.1) is 11.3 Å². The third-order valence-corrected chi connectivity index (χ3v) is 5.77. The molecule has 29 heavy (non-hydrogen) atoms. The van der Waals surface area contributed by atoms with Crippen LogP contribution >= 0.6 is 11.3 Å². The molecule has 0 unspecified atom stereocenters. The molecule has 2 amide bonds. The molecule has 8 nitrogen and oxygen atoms in total. The minimum atomic E-state index is -0.253. The number of nitriles is 1. The van der Waals surface area contributed by atoms with E-state index in [1.165, 1.54) is 11.3 Å². The third-order valence-electron chi connectivity index (χ3n) is 4.94. The Hall–Kier alpha value is -3.22. The molecule has 2 aromatic heterocycles. The second-order valence-corrected chi connectivity index (χ2v) is 7.93. The Morgan fingerprint density at radius 1 is 1.28 bits per heavy atom. The van der Waals surface area contributed by atoms with E-state index in [4.69, 9.17) is 5.26 Å². The predicted octanol–water partition coefficient (Wildman–Crippen LogP) is 2.06. The molecule has 3 aromatic rings. The number of nitrogens with zero attached hydrogens (tertiary/aromatic N) is 4. The number of anilines is 1. The predicted molar refractivity (Wildman–Crippen MR) is 111 cm³/mol. The number of aromatic amines is 1. The van der Waals surface area contributed by atoms with Gasteiger partial charge in [0.2, 0.25) is 5.91 Å². The minimum Gasteiger partial charge on any atom is -0.342 e. The number of thiophene rings is 1. The lowest BCUT2D eigenvalue weighted by molar-refractivity contribution is -0.115. The van der Waals surface area contributed by atoms with Gasteiger partial charge in [-0.3, -0.25) is 9.59 Å². The first-order chi connectivity index (χ1) is 14.0. The SMILES string of the molecule is CN1CCN(C(=O)c2ccc3[nH]c(CC(=O)Nc4sccc4C#N)nc3c2)CC1. The van der Waals surface area contributed by atoms with Crippen molar-refractivity contribution in [2.45, 2.75) is 6.42 Å². The number of aromatic nitrogens is 2. The van der Waals surface area contributed by atoms with Crippen LogP contribution in [0.1, 0.15) is 21.7 Å². The zero-order chi connectivity index (χ0) is 20.4. The lowest BCUT2D eigenvalue weighted by Gasteiger charge is -2.32. The number of carbonyl (C=O) groups excluding carboxylic acids is 2. The zero-order valence-corrected chi connectivity index (χ0v) is 16.8. The topological polar surface area (TPSA) is 105 Å². The molecule has 0 bridgehead atoms. The summed E-state index contributed by atoms with van der Waals surface area (Å²) in [7, 11) is 2.05. The van der Waals surface area contributed by atoms with Gasteiger partial charge in [0.25, 0.3) is 5.91 Å². The van der Waals surface area contributed by atoms with Crippen LogP contribution < -0.4 is 5.32 Å². The molecule has 0 saturated carbocycles. The van der Waals surface area contributed by atoms with Gasteiger partial charge >= 0.3 is 0 Å². The van der Waals surface area contributed by atoms with Crippen molar-refractivity contribution in [3.05, 3.63) is 46.6 Å². The number of piperazine rings is 1. The number of fused-ring (bicyclic) bond motifs is 1. The molecule has 1 saturated heterocycles. The maximum absolute atomic E-state index is 12.8. The number of rotatable bonds is 4. The van der Waals surface area contributed by atoms with Gasteiger partial charge in [0.05, 0.1) is 23.0 Å². The van der Waals surface area contributed by atoms with E-state index < -0.39 is 0 Å². The highest BCUT2D eigenvalue weighted by Crippen LogP contribution is 2.22. The molecule has 2 N–H and O–H groups in total. The molecule has 9 heteroatoms. The quantitative estimate of drug-likeness (QED) is 0.688. The van der Waals surface area contributed by atoms with Gasteiger partial charge in [-0.1, -0.05) is 0 Å². The van der Waals surface area contributed by atoms with Gasteiger partial charge in [-0.15, -0.1) is 11.3 Å². The van der Waals surface area contributed by atoms with E-state index in [1.807, 2.05) is 17.0 Å². The second-order valence-electron chi connectivity index (χ2n) is 7.01. The monoisotopic (exact) mass is 408 g/mol. The Labute approximate surface area is 171 Å². The van der Waals surface area contributed by atoms with Crippen LogP contribution in [0.25, 0.3) is 11.0 Å². The van der Waals surface area contributed by atoms with Crippen molar-refractivity contribution in [1.82, 2.24) is 19.8 Å². The van der Waals surface area contributed by atoms with E-state index in [0.29, 0.717) is 40.6 Å². The summed E-state index contributed by atoms with van der Waals surface area (Å²) in [5.41, 5.74) is 2.47. The lowest BCUT2D eigenvalue weighted by atomic mass is 10.1. The Morgan fingerprint density at radius 3 is 2.83 bits per heavy atom. The Kier molecular flexibility index (Phi) is 5.29. The summed E-state index contributed by atoms with van der Waals surface area (Å²) in [6, 6.07) is 9.09. The van der Waals surface area contributed by atoms with Gasteiger partial charge in [0, 0.05) is 31.7 Å². The van der Waals surface area contributed by atoms with E-state index in [1.54, 1.807) is 23.6 Å². The maximum atomic E-state index is 12.8. The van der Waals surface area contributed by atoms with Crippen LogP contribution in [0.2, 0.25) is 0 Å². The molecule has 3 heterocycles. The number of benzene rings is 1. The summed E-state index contributed by atoms with van der Waals surface area (Å²) in [4.78, 5) is 36.7. The molecular weight excluding hydrogens is 388 g/mol. The Bertz CT molecular complexity index is 1100. The highest BCUT2D eigenvalue weighted by Gasteiger charge is 2.21. The molecule has 0 aliphatic carbocycles. The van der Waals surface area contributed by atoms with Crippen molar-refractivity contribution in [2.75, 3.05) is 38.5 Å². The van der Waals surface area contributed by atoms with Gasteiger partial charge in [-0.2, -0.15) is 5.26 Å². The highest BCUT2D eigenvalue weighted by molar-refractivity contribution is 7.14. The van der Waals surface area contributed by atoms with Crippen molar-refractivity contribution in [1.29, 1.82) is 5.26 Å². The minimum absolute atomic E-state index is 0.00372. The second kappa shape index (κ2) is 8.03. The number of likely N-dealkylation sites (N-methyl/N-ethyl adjacent to an activating group) is 1. The van der Waals surface area contributed by atoms with Gasteiger partial charge in [-0.05, 0) is 36.7 Å². The zero-order valence-electron chi connectivity index (χ0n) is 15.9. The largest absolute Gasteiger partial charge is 0.342 e. The fourth-order valence-electron chi connectivity index (χ4n) is 3.28. The average molecular weight is 408 g/mol. The number of imidazole rings is 1. The summed E-state index contributed by atoms with van der Waals surface area (Å²) < 4.78 is 0. The van der Waals surface area contributed by atoms with E-state index >= 15 is 0 Å². The third kappa shape index (κ3) is 4.13. The number of nitrogens with one attached hydrogen (secondary N) is 2. The number of H-pyrrole nitrogens is 1. The van der Waals surface area contributed by atoms with E-state index in [0.717, 1.165) is 18.6 Å². The molecule has 1 aromatic carbocycles.